The molecule has 0 saturated carbocycles. The number of carbonyl (C=O) groups excluding carboxylic acids is 2. The lowest BCUT2D eigenvalue weighted by atomic mass is 10.0. The van der Waals surface area contributed by atoms with Crippen molar-refractivity contribution in [1.82, 2.24) is 9.78 Å². The first-order valence-electron chi connectivity index (χ1n) is 9.52. The number of aromatic nitrogens is 2. The standard InChI is InChI=1S/C20H25N3O6S/c1-13(24)29-20-15(12-21-23(20)2)18(25)14-8-9-16(27-3)17(19(14)28-4)22-30(26)10-6-5-7-11-30/h8-9,12H,5-7,10-11H2,1-4H3. The first-order valence-corrected chi connectivity index (χ1v) is 11.4. The Hall–Kier alpha value is -2.88. The lowest BCUT2D eigenvalue weighted by Crippen LogP contribution is -2.16. The molecule has 2 heterocycles. The molecule has 1 aromatic heterocycles. The summed E-state index contributed by atoms with van der Waals surface area (Å²) in [4.78, 5) is 24.7. The van der Waals surface area contributed by atoms with Crippen molar-refractivity contribution in [1.29, 1.82) is 0 Å². The van der Waals surface area contributed by atoms with Crippen LogP contribution in [0.25, 0.3) is 0 Å². The van der Waals surface area contributed by atoms with Crippen molar-refractivity contribution in [3.05, 3.63) is 29.5 Å². The zero-order chi connectivity index (χ0) is 21.9. The van der Waals surface area contributed by atoms with Crippen LogP contribution in [-0.2, 0) is 21.6 Å². The van der Waals surface area contributed by atoms with Gasteiger partial charge in [0.1, 0.15) is 11.3 Å². The lowest BCUT2D eigenvalue weighted by Gasteiger charge is -2.18. The largest absolute Gasteiger partial charge is 0.494 e. The number of benzene rings is 1. The number of hydrogen-bond donors (Lipinski definition) is 0. The molecule has 1 fully saturated rings. The van der Waals surface area contributed by atoms with Crippen molar-refractivity contribution in [2.24, 2.45) is 11.4 Å². The van der Waals surface area contributed by atoms with Crippen LogP contribution in [0.5, 0.6) is 17.4 Å². The normalized spacial score (nSPS) is 15.3. The van der Waals surface area contributed by atoms with Gasteiger partial charge in [-0.25, -0.2) is 8.89 Å². The third kappa shape index (κ3) is 4.33. The summed E-state index contributed by atoms with van der Waals surface area (Å²) in [6, 6.07) is 3.12. The van der Waals surface area contributed by atoms with Gasteiger partial charge in [0.05, 0.1) is 35.7 Å². The van der Waals surface area contributed by atoms with E-state index in [0.29, 0.717) is 17.3 Å². The molecule has 1 saturated heterocycles. The van der Waals surface area contributed by atoms with Crippen LogP contribution in [0.3, 0.4) is 0 Å². The van der Waals surface area contributed by atoms with Crippen LogP contribution < -0.4 is 14.2 Å². The maximum atomic E-state index is 13.3. The fourth-order valence-electron chi connectivity index (χ4n) is 3.37. The minimum Gasteiger partial charge on any atom is -0.494 e. The molecular formula is C20H25N3O6S. The first kappa shape index (κ1) is 21.8. The Bertz CT molecular complexity index is 1090. The third-order valence-corrected chi connectivity index (χ3v) is 7.19. The third-order valence-electron chi connectivity index (χ3n) is 4.82. The maximum Gasteiger partial charge on any atom is 0.309 e. The molecule has 0 radical (unpaired) electrons. The Morgan fingerprint density at radius 2 is 1.80 bits per heavy atom. The molecule has 0 unspecified atom stereocenters. The van der Waals surface area contributed by atoms with Gasteiger partial charge in [-0.1, -0.05) is 6.42 Å². The summed E-state index contributed by atoms with van der Waals surface area (Å²) in [5.74, 6) is 0.511. The van der Waals surface area contributed by atoms with Gasteiger partial charge in [0.15, 0.2) is 11.4 Å². The van der Waals surface area contributed by atoms with Crippen LogP contribution >= 0.6 is 0 Å². The minimum absolute atomic E-state index is 0.0297. The second kappa shape index (κ2) is 8.86. The van der Waals surface area contributed by atoms with Gasteiger partial charge in [0, 0.05) is 25.5 Å². The predicted molar refractivity (Wildman–Crippen MR) is 111 cm³/mol. The number of aryl methyl sites for hydroxylation is 1. The van der Waals surface area contributed by atoms with Gasteiger partial charge < -0.3 is 14.2 Å². The second-order valence-corrected chi connectivity index (χ2v) is 9.48. The highest BCUT2D eigenvalue weighted by molar-refractivity contribution is 7.93. The fraction of sp³-hybridized carbons (Fsp3) is 0.450. The number of methoxy groups -OCH3 is 2. The van der Waals surface area contributed by atoms with Crippen LogP contribution in [0.1, 0.15) is 42.1 Å². The monoisotopic (exact) mass is 435 g/mol. The van der Waals surface area contributed by atoms with Crippen molar-refractivity contribution in [2.45, 2.75) is 26.2 Å². The molecule has 0 bridgehead atoms. The van der Waals surface area contributed by atoms with Gasteiger partial charge in [0.2, 0.25) is 11.7 Å². The number of ketones is 1. The van der Waals surface area contributed by atoms with E-state index in [1.807, 2.05) is 0 Å². The highest BCUT2D eigenvalue weighted by Gasteiger charge is 2.27. The molecule has 30 heavy (non-hydrogen) atoms. The van der Waals surface area contributed by atoms with E-state index in [9.17, 15) is 13.8 Å². The van der Waals surface area contributed by atoms with Crippen LogP contribution in [0.4, 0.5) is 5.69 Å². The Labute approximate surface area is 175 Å². The molecule has 0 atom stereocenters. The Kier molecular flexibility index (Phi) is 6.45. The number of esters is 1. The summed E-state index contributed by atoms with van der Waals surface area (Å²) in [6.07, 6.45) is 4.03. The maximum absolute atomic E-state index is 13.3. The van der Waals surface area contributed by atoms with E-state index in [4.69, 9.17) is 14.2 Å². The predicted octanol–water partition coefficient (Wildman–Crippen LogP) is 2.88. The lowest BCUT2D eigenvalue weighted by molar-refractivity contribution is -0.132. The van der Waals surface area contributed by atoms with Gasteiger partial charge in [-0.3, -0.25) is 9.59 Å². The molecule has 10 heteroatoms. The van der Waals surface area contributed by atoms with Crippen molar-refractivity contribution in [3.8, 4) is 17.4 Å². The molecule has 1 aliphatic heterocycles. The number of hydrogen-bond acceptors (Lipinski definition) is 8. The van der Waals surface area contributed by atoms with E-state index in [1.165, 1.54) is 38.1 Å². The van der Waals surface area contributed by atoms with Gasteiger partial charge in [-0.05, 0) is 25.0 Å². The molecular weight excluding hydrogens is 410 g/mol. The summed E-state index contributed by atoms with van der Waals surface area (Å²) in [5.41, 5.74) is 0.525. The Morgan fingerprint density at radius 1 is 1.10 bits per heavy atom. The minimum atomic E-state index is -2.47. The van der Waals surface area contributed by atoms with E-state index in [0.717, 1.165) is 19.3 Å². The molecule has 162 valence electrons. The summed E-state index contributed by atoms with van der Waals surface area (Å²) in [6.45, 7) is 1.24. The average Bonchev–Trinajstić information content (AvgIpc) is 3.07. The van der Waals surface area contributed by atoms with E-state index in [2.05, 4.69) is 9.46 Å². The molecule has 0 spiro atoms. The first-order chi connectivity index (χ1) is 14.3. The van der Waals surface area contributed by atoms with E-state index >= 15 is 0 Å². The fourth-order valence-corrected chi connectivity index (χ4v) is 5.57. The van der Waals surface area contributed by atoms with Crippen LogP contribution in [0.15, 0.2) is 22.7 Å². The number of nitrogens with zero attached hydrogens (tertiary/aromatic N) is 3. The molecule has 1 aliphatic rings. The molecule has 3 rings (SSSR count). The van der Waals surface area contributed by atoms with Crippen LogP contribution in [-0.4, -0.2) is 51.5 Å². The highest BCUT2D eigenvalue weighted by Crippen LogP contribution is 2.42. The van der Waals surface area contributed by atoms with Crippen molar-refractivity contribution in [2.75, 3.05) is 25.7 Å². The van der Waals surface area contributed by atoms with E-state index in [-0.39, 0.29) is 28.4 Å². The molecule has 2 aromatic rings. The summed E-state index contributed by atoms with van der Waals surface area (Å²) in [5, 5.41) is 4.02. The molecule has 0 aliphatic carbocycles. The average molecular weight is 436 g/mol. The van der Waals surface area contributed by atoms with Crippen molar-refractivity contribution < 1.29 is 28.0 Å². The SMILES string of the molecule is COc1ccc(C(=O)c2cnn(C)c2OC(C)=O)c(OC)c1N=S1(=O)CCCCC1. The molecule has 9 nitrogen and oxygen atoms in total. The zero-order valence-corrected chi connectivity index (χ0v) is 18.3. The van der Waals surface area contributed by atoms with E-state index < -0.39 is 21.5 Å². The summed E-state index contributed by atoms with van der Waals surface area (Å²) < 4.78 is 35.1. The Morgan fingerprint density at radius 3 is 2.40 bits per heavy atom. The van der Waals surface area contributed by atoms with Gasteiger partial charge >= 0.3 is 5.97 Å². The summed E-state index contributed by atoms with van der Waals surface area (Å²) >= 11 is 0. The molecule has 0 amide bonds. The Balaban J connectivity index is 2.16. The number of rotatable bonds is 6. The van der Waals surface area contributed by atoms with Crippen molar-refractivity contribution in [3.63, 3.8) is 0 Å². The smallest absolute Gasteiger partial charge is 0.309 e. The topological polar surface area (TPSA) is 109 Å². The van der Waals surface area contributed by atoms with Gasteiger partial charge in [-0.15, -0.1) is 0 Å². The molecule has 1 aromatic carbocycles. The van der Waals surface area contributed by atoms with E-state index in [1.54, 1.807) is 13.1 Å². The quantitative estimate of drug-likeness (QED) is 0.507. The van der Waals surface area contributed by atoms with Gasteiger partial charge in [0.25, 0.3) is 0 Å². The summed E-state index contributed by atoms with van der Waals surface area (Å²) in [7, 11) is 1.98. The van der Waals surface area contributed by atoms with Crippen molar-refractivity contribution >= 4 is 27.2 Å². The van der Waals surface area contributed by atoms with Crippen LogP contribution in [0, 0.1) is 0 Å². The molecule has 0 N–H and O–H groups in total. The van der Waals surface area contributed by atoms with Crippen LogP contribution in [0.2, 0.25) is 0 Å². The zero-order valence-electron chi connectivity index (χ0n) is 17.5. The second-order valence-electron chi connectivity index (χ2n) is 6.94. The number of ether oxygens (including phenoxy) is 3. The number of carbonyl (C=O) groups is 2. The van der Waals surface area contributed by atoms with Gasteiger partial charge in [-0.2, -0.15) is 9.46 Å². The highest BCUT2D eigenvalue weighted by atomic mass is 32.2.